The van der Waals surface area contributed by atoms with Crippen LogP contribution in [0.2, 0.25) is 0 Å². The van der Waals surface area contributed by atoms with Gasteiger partial charge in [0.25, 0.3) is 5.91 Å². The van der Waals surface area contributed by atoms with Crippen molar-refractivity contribution in [2.24, 2.45) is 0 Å². The average molecular weight is 577 g/mol. The lowest BCUT2D eigenvalue weighted by Gasteiger charge is -2.13. The van der Waals surface area contributed by atoms with Crippen LogP contribution >= 0.6 is 55.8 Å². The van der Waals surface area contributed by atoms with E-state index in [0.29, 0.717) is 22.4 Å². The molecular weight excluding hydrogens is 558 g/mol. The number of carbonyl (C=O) groups is 1. The molecule has 1 amide bonds. The van der Waals surface area contributed by atoms with Crippen LogP contribution in [0.25, 0.3) is 16.8 Å². The highest BCUT2D eigenvalue weighted by atomic mass is 79.9. The molecule has 1 saturated heterocycles. The first-order chi connectivity index (χ1) is 15.0. The largest absolute Gasteiger partial charge is 0.487 e. The number of hydrogen-bond donors (Lipinski definition) is 0. The Labute approximate surface area is 208 Å². The molecule has 0 unspecified atom stereocenters. The molecule has 0 aromatic heterocycles. The van der Waals surface area contributed by atoms with E-state index in [1.807, 2.05) is 43.3 Å². The van der Waals surface area contributed by atoms with E-state index >= 15 is 0 Å². The van der Waals surface area contributed by atoms with Crippen molar-refractivity contribution in [3.05, 3.63) is 79.6 Å². The Morgan fingerprint density at radius 1 is 1.10 bits per heavy atom. The molecule has 0 spiro atoms. The number of thiocarbonyl (C=S) groups is 1. The van der Waals surface area contributed by atoms with Gasteiger partial charge < -0.3 is 4.74 Å². The Balaban J connectivity index is 1.55. The fraction of sp³-hybridized carbons (Fsp3) is 0.167. The summed E-state index contributed by atoms with van der Waals surface area (Å²) in [5, 5.41) is 2.38. The zero-order chi connectivity index (χ0) is 22.0. The maximum atomic E-state index is 12.6. The van der Waals surface area contributed by atoms with Gasteiger partial charge in [0.15, 0.2) is 0 Å². The van der Waals surface area contributed by atoms with Crippen molar-refractivity contribution in [3.63, 3.8) is 0 Å². The number of fused-ring (bicyclic) bond motifs is 1. The van der Waals surface area contributed by atoms with Crippen LogP contribution in [0.15, 0.2) is 68.4 Å². The van der Waals surface area contributed by atoms with Gasteiger partial charge in [-0.2, -0.15) is 0 Å². The van der Waals surface area contributed by atoms with Gasteiger partial charge in [-0.15, -0.1) is 0 Å². The summed E-state index contributed by atoms with van der Waals surface area (Å²) < 4.78 is 8.41. The number of nitrogens with zero attached hydrogens (tertiary/aromatic N) is 1. The zero-order valence-electron chi connectivity index (χ0n) is 16.7. The number of amides is 1. The van der Waals surface area contributed by atoms with Gasteiger partial charge in [-0.25, -0.2) is 0 Å². The fourth-order valence-corrected chi connectivity index (χ4v) is 6.20. The summed E-state index contributed by atoms with van der Waals surface area (Å²) in [5.74, 6) is 0.698. The third-order valence-electron chi connectivity index (χ3n) is 4.89. The van der Waals surface area contributed by atoms with E-state index in [0.717, 1.165) is 32.2 Å². The lowest BCUT2D eigenvalue weighted by atomic mass is 10.1. The third-order valence-corrected chi connectivity index (χ3v) is 7.45. The molecule has 0 aliphatic carbocycles. The molecule has 31 heavy (non-hydrogen) atoms. The lowest BCUT2D eigenvalue weighted by molar-refractivity contribution is -0.122. The van der Waals surface area contributed by atoms with Crippen molar-refractivity contribution in [3.8, 4) is 5.75 Å². The topological polar surface area (TPSA) is 29.5 Å². The monoisotopic (exact) mass is 575 g/mol. The molecule has 0 bridgehead atoms. The molecule has 3 aromatic rings. The quantitative estimate of drug-likeness (QED) is 0.224. The minimum atomic E-state index is -0.0274. The summed E-state index contributed by atoms with van der Waals surface area (Å²) in [4.78, 5) is 14.9. The predicted octanol–water partition coefficient (Wildman–Crippen LogP) is 7.56. The molecule has 0 N–H and O–H groups in total. The first-order valence-corrected chi connectivity index (χ1v) is 12.6. The molecule has 3 nitrogen and oxygen atoms in total. The normalized spacial score (nSPS) is 15.3. The summed E-state index contributed by atoms with van der Waals surface area (Å²) >= 11 is 13.9. The Bertz CT molecular complexity index is 1180. The third kappa shape index (κ3) is 4.90. The molecule has 7 heteroatoms. The van der Waals surface area contributed by atoms with Crippen molar-refractivity contribution < 1.29 is 9.53 Å². The van der Waals surface area contributed by atoms with Crippen LogP contribution in [0.4, 0.5) is 0 Å². The second-order valence-corrected chi connectivity index (χ2v) is 10.5. The van der Waals surface area contributed by atoms with Crippen molar-refractivity contribution in [1.29, 1.82) is 0 Å². The van der Waals surface area contributed by atoms with Gasteiger partial charge >= 0.3 is 0 Å². The Morgan fingerprint density at radius 2 is 1.81 bits per heavy atom. The van der Waals surface area contributed by atoms with Crippen LogP contribution < -0.4 is 4.74 Å². The Hall–Kier alpha value is -1.67. The summed E-state index contributed by atoms with van der Waals surface area (Å²) in [6.07, 6.45) is 2.75. The van der Waals surface area contributed by atoms with Gasteiger partial charge in [0.1, 0.15) is 16.7 Å². The number of ether oxygens (including phenoxy) is 1. The van der Waals surface area contributed by atoms with E-state index in [4.69, 9.17) is 17.0 Å². The van der Waals surface area contributed by atoms with Gasteiger partial charge in [-0.05, 0) is 78.4 Å². The van der Waals surface area contributed by atoms with Gasteiger partial charge in [0.05, 0.1) is 13.9 Å². The summed E-state index contributed by atoms with van der Waals surface area (Å²) in [7, 11) is 0. The van der Waals surface area contributed by atoms with Crippen LogP contribution in [-0.2, 0) is 11.4 Å². The van der Waals surface area contributed by atoms with Crippen LogP contribution in [-0.4, -0.2) is 21.7 Å². The van der Waals surface area contributed by atoms with Crippen molar-refractivity contribution in [1.82, 2.24) is 4.90 Å². The molecule has 158 valence electrons. The van der Waals surface area contributed by atoms with Crippen LogP contribution in [0.3, 0.4) is 0 Å². The van der Waals surface area contributed by atoms with E-state index in [9.17, 15) is 4.79 Å². The maximum absolute atomic E-state index is 12.6. The van der Waals surface area contributed by atoms with Gasteiger partial charge in [-0.1, -0.05) is 73.4 Å². The number of benzene rings is 3. The Kier molecular flexibility index (Phi) is 7.16. The van der Waals surface area contributed by atoms with Gasteiger partial charge in [-0.3, -0.25) is 9.69 Å². The highest BCUT2D eigenvalue weighted by Gasteiger charge is 2.31. The molecule has 0 atom stereocenters. The SMILES string of the molecule is CCCN1C(=O)/C(=C\c2cc(Br)c(OCc3cccc4ccccc34)c(Br)c2)SC1=S. The van der Waals surface area contributed by atoms with Crippen molar-refractivity contribution >= 4 is 82.9 Å². The summed E-state index contributed by atoms with van der Waals surface area (Å²) in [5.41, 5.74) is 2.02. The van der Waals surface area contributed by atoms with E-state index in [2.05, 4.69) is 56.1 Å². The number of carbonyl (C=O) groups excluding carboxylic acids is 1. The highest BCUT2D eigenvalue weighted by molar-refractivity contribution is 9.11. The van der Waals surface area contributed by atoms with Crippen LogP contribution in [0.1, 0.15) is 24.5 Å². The number of thioether (sulfide) groups is 1. The minimum Gasteiger partial charge on any atom is -0.487 e. The van der Waals surface area contributed by atoms with Crippen LogP contribution in [0, 0.1) is 0 Å². The molecule has 1 heterocycles. The van der Waals surface area contributed by atoms with E-state index in [-0.39, 0.29) is 5.91 Å². The molecule has 3 aromatic carbocycles. The standard InChI is InChI=1S/C24H19Br2NO2S2/c1-2-10-27-23(28)21(31-24(27)30)13-15-11-19(25)22(20(26)12-15)29-14-17-8-5-7-16-6-3-4-9-18(16)17/h3-9,11-13H,2,10,14H2,1H3/b21-13+. The zero-order valence-corrected chi connectivity index (χ0v) is 21.5. The van der Waals surface area contributed by atoms with Gasteiger partial charge in [0, 0.05) is 6.54 Å². The summed E-state index contributed by atoms with van der Waals surface area (Å²) in [6, 6.07) is 18.4. The van der Waals surface area contributed by atoms with E-state index < -0.39 is 0 Å². The first kappa shape index (κ1) is 22.5. The molecule has 0 radical (unpaired) electrons. The predicted molar refractivity (Wildman–Crippen MR) is 140 cm³/mol. The molecule has 1 fully saturated rings. The molecule has 4 rings (SSSR count). The van der Waals surface area contributed by atoms with E-state index in [1.165, 1.54) is 22.5 Å². The lowest BCUT2D eigenvalue weighted by Crippen LogP contribution is -2.28. The van der Waals surface area contributed by atoms with E-state index in [1.54, 1.807) is 4.90 Å². The van der Waals surface area contributed by atoms with Gasteiger partial charge in [0.2, 0.25) is 0 Å². The smallest absolute Gasteiger partial charge is 0.266 e. The van der Waals surface area contributed by atoms with Crippen LogP contribution in [0.5, 0.6) is 5.75 Å². The molecule has 1 aliphatic heterocycles. The fourth-order valence-electron chi connectivity index (χ4n) is 3.44. The average Bonchev–Trinajstić information content (AvgIpc) is 3.01. The maximum Gasteiger partial charge on any atom is 0.266 e. The first-order valence-electron chi connectivity index (χ1n) is 9.81. The summed E-state index contributed by atoms with van der Waals surface area (Å²) in [6.45, 7) is 3.14. The molecular formula is C24H19Br2NO2S2. The Morgan fingerprint density at radius 3 is 2.55 bits per heavy atom. The second kappa shape index (κ2) is 9.86. The molecule has 0 saturated carbocycles. The number of hydrogen-bond acceptors (Lipinski definition) is 4. The molecule has 1 aliphatic rings. The minimum absolute atomic E-state index is 0.0274. The number of rotatable bonds is 6. The highest BCUT2D eigenvalue weighted by Crippen LogP contribution is 2.38. The van der Waals surface area contributed by atoms with Crippen molar-refractivity contribution in [2.45, 2.75) is 20.0 Å². The second-order valence-electron chi connectivity index (χ2n) is 7.07. The number of halogens is 2. The van der Waals surface area contributed by atoms with Crippen molar-refractivity contribution in [2.75, 3.05) is 6.54 Å².